The van der Waals surface area contributed by atoms with E-state index < -0.39 is 17.6 Å². The third-order valence-electron chi connectivity index (χ3n) is 6.52. The molecule has 38 heavy (non-hydrogen) atoms. The highest BCUT2D eigenvalue weighted by atomic mass is 19.4. The van der Waals surface area contributed by atoms with Gasteiger partial charge in [-0.1, -0.05) is 42.5 Å². The number of alkyl halides is 3. The number of ether oxygens (including phenoxy) is 3. The molecule has 192 valence electrons. The number of rotatable bonds is 4. The van der Waals surface area contributed by atoms with Crippen molar-refractivity contribution >= 4 is 17.2 Å². The van der Waals surface area contributed by atoms with Gasteiger partial charge >= 0.3 is 6.18 Å². The van der Waals surface area contributed by atoms with Crippen molar-refractivity contribution in [1.82, 2.24) is 0 Å². The Balaban J connectivity index is 1.45. The van der Waals surface area contributed by atoms with E-state index in [0.29, 0.717) is 28.5 Å². The predicted molar refractivity (Wildman–Crippen MR) is 135 cm³/mol. The van der Waals surface area contributed by atoms with Crippen LogP contribution in [0.3, 0.4) is 0 Å². The first-order chi connectivity index (χ1) is 18.3. The lowest BCUT2D eigenvalue weighted by molar-refractivity contribution is -0.137. The van der Waals surface area contributed by atoms with Crippen LogP contribution in [-0.4, -0.2) is 19.7 Å². The van der Waals surface area contributed by atoms with Crippen molar-refractivity contribution in [2.45, 2.75) is 12.7 Å². The van der Waals surface area contributed by atoms with Gasteiger partial charge in [0.25, 0.3) is 0 Å². The first-order valence-electron chi connectivity index (χ1n) is 11.7. The third kappa shape index (κ3) is 4.19. The highest BCUT2D eigenvalue weighted by Gasteiger charge is 2.33. The minimum absolute atomic E-state index is 0.105. The fourth-order valence-corrected chi connectivity index (χ4v) is 4.61. The van der Waals surface area contributed by atoms with Gasteiger partial charge in [-0.2, -0.15) is 13.2 Å². The van der Waals surface area contributed by atoms with Gasteiger partial charge in [0.2, 0.25) is 6.79 Å². The molecule has 9 heteroatoms. The maximum absolute atomic E-state index is 14.7. The number of hydrogen-bond donors (Lipinski definition) is 0. The maximum Gasteiger partial charge on any atom is 0.416 e. The van der Waals surface area contributed by atoms with Crippen LogP contribution in [0.4, 0.5) is 28.9 Å². The van der Waals surface area contributed by atoms with Gasteiger partial charge in [-0.25, -0.2) is 9.38 Å². The van der Waals surface area contributed by atoms with Gasteiger partial charge in [-0.15, -0.1) is 0 Å². The van der Waals surface area contributed by atoms with Crippen molar-refractivity contribution in [1.29, 1.82) is 0 Å². The molecule has 0 aromatic heterocycles. The summed E-state index contributed by atoms with van der Waals surface area (Å²) < 4.78 is 71.8. The van der Waals surface area contributed by atoms with Crippen molar-refractivity contribution in [3.63, 3.8) is 0 Å². The normalized spacial score (nSPS) is 14.2. The minimum atomic E-state index is -4.55. The number of halogens is 4. The molecule has 0 N–H and O–H groups in total. The molecule has 0 amide bonds. The first kappa shape index (κ1) is 23.8. The molecule has 0 aliphatic carbocycles. The van der Waals surface area contributed by atoms with E-state index in [9.17, 15) is 17.6 Å². The first-order valence-corrected chi connectivity index (χ1v) is 11.7. The summed E-state index contributed by atoms with van der Waals surface area (Å²) in [6, 6.07) is 20.8. The van der Waals surface area contributed by atoms with E-state index in [1.165, 1.54) is 19.2 Å². The number of anilines is 1. The highest BCUT2D eigenvalue weighted by molar-refractivity contribution is 6.13. The van der Waals surface area contributed by atoms with Gasteiger partial charge < -0.3 is 19.1 Å². The van der Waals surface area contributed by atoms with Crippen LogP contribution < -0.4 is 19.1 Å². The Morgan fingerprint density at radius 2 is 1.58 bits per heavy atom. The number of methoxy groups -OCH3 is 1. The third-order valence-corrected chi connectivity index (χ3v) is 6.52. The van der Waals surface area contributed by atoms with Gasteiger partial charge in [-0.05, 0) is 47.5 Å². The number of aliphatic imine (C=N–C) groups is 1. The van der Waals surface area contributed by atoms with Crippen LogP contribution in [-0.2, 0) is 12.7 Å². The van der Waals surface area contributed by atoms with Crippen LogP contribution in [0.25, 0.3) is 11.1 Å². The van der Waals surface area contributed by atoms with Crippen LogP contribution in [0.1, 0.15) is 16.7 Å². The van der Waals surface area contributed by atoms with Crippen molar-refractivity contribution in [3.8, 4) is 28.4 Å². The fourth-order valence-electron chi connectivity index (χ4n) is 4.61. The molecule has 2 aliphatic heterocycles. The van der Waals surface area contributed by atoms with E-state index in [4.69, 9.17) is 14.2 Å². The summed E-state index contributed by atoms with van der Waals surface area (Å²) in [4.78, 5) is 6.20. The summed E-state index contributed by atoms with van der Waals surface area (Å²) in [6.45, 7) is 0.276. The van der Waals surface area contributed by atoms with Gasteiger partial charge in [0, 0.05) is 11.1 Å². The van der Waals surface area contributed by atoms with E-state index >= 15 is 0 Å². The summed E-state index contributed by atoms with van der Waals surface area (Å²) in [6.07, 6.45) is -4.55. The average molecular weight is 520 g/mol. The standard InChI is InChI=1S/C29H20F4N2O3/c1-36-24-12-10-21(29(31,32)33)14-23(24)35-15-20-3-2-4-22(30)27(20)34-28(35)18-7-5-17(6-8-18)19-9-11-25-26(13-19)38-16-37-25/h2-14H,15-16H2,1H3. The lowest BCUT2D eigenvalue weighted by atomic mass is 10.0. The monoisotopic (exact) mass is 520 g/mol. The molecule has 0 spiro atoms. The zero-order valence-electron chi connectivity index (χ0n) is 20.1. The summed E-state index contributed by atoms with van der Waals surface area (Å²) in [5, 5.41) is 0. The quantitative estimate of drug-likeness (QED) is 0.264. The van der Waals surface area contributed by atoms with Crippen molar-refractivity contribution in [3.05, 3.63) is 101 Å². The molecule has 6 rings (SSSR count). The van der Waals surface area contributed by atoms with Crippen molar-refractivity contribution in [2.24, 2.45) is 4.99 Å². The van der Waals surface area contributed by atoms with Gasteiger partial charge in [0.1, 0.15) is 23.1 Å². The molecular formula is C29H20F4N2O3. The van der Waals surface area contributed by atoms with E-state index in [-0.39, 0.29) is 30.5 Å². The lowest BCUT2D eigenvalue weighted by Gasteiger charge is -2.32. The van der Waals surface area contributed by atoms with Crippen LogP contribution in [0.15, 0.2) is 83.9 Å². The lowest BCUT2D eigenvalue weighted by Crippen LogP contribution is -2.34. The number of hydrogen-bond acceptors (Lipinski definition) is 5. The van der Waals surface area contributed by atoms with E-state index in [2.05, 4.69) is 4.99 Å². The topological polar surface area (TPSA) is 43.3 Å². The predicted octanol–water partition coefficient (Wildman–Crippen LogP) is 7.35. The van der Waals surface area contributed by atoms with Crippen LogP contribution >= 0.6 is 0 Å². The summed E-state index contributed by atoms with van der Waals surface area (Å²) in [7, 11) is 1.39. The zero-order valence-corrected chi connectivity index (χ0v) is 20.1. The van der Waals surface area contributed by atoms with Gasteiger partial charge in [-0.3, -0.25) is 0 Å². The smallest absolute Gasteiger partial charge is 0.416 e. The molecule has 0 bridgehead atoms. The van der Waals surface area contributed by atoms with Gasteiger partial charge in [0.05, 0.1) is 24.9 Å². The minimum Gasteiger partial charge on any atom is -0.495 e. The number of nitrogens with zero attached hydrogens (tertiary/aromatic N) is 2. The number of para-hydroxylation sites is 1. The molecule has 4 aromatic carbocycles. The van der Waals surface area contributed by atoms with Crippen LogP contribution in [0.5, 0.6) is 17.2 Å². The summed E-state index contributed by atoms with van der Waals surface area (Å²) >= 11 is 0. The Morgan fingerprint density at radius 3 is 2.34 bits per heavy atom. The molecule has 0 saturated heterocycles. The fraction of sp³-hybridized carbons (Fsp3) is 0.138. The maximum atomic E-state index is 14.7. The molecule has 0 saturated carbocycles. The Bertz CT molecular complexity index is 1570. The SMILES string of the molecule is COc1ccc(C(F)(F)F)cc1N1Cc2cccc(F)c2N=C1c1ccc(-c2ccc3c(c2)OCO3)cc1. The molecule has 0 atom stereocenters. The second-order valence-corrected chi connectivity index (χ2v) is 8.80. The summed E-state index contributed by atoms with van der Waals surface area (Å²) in [5.74, 6) is 1.36. The van der Waals surface area contributed by atoms with Gasteiger partial charge in [0.15, 0.2) is 11.5 Å². The Kier molecular flexibility index (Phi) is 5.71. The number of amidine groups is 1. The molecule has 2 heterocycles. The average Bonchev–Trinajstić information content (AvgIpc) is 3.40. The van der Waals surface area contributed by atoms with Crippen LogP contribution in [0.2, 0.25) is 0 Å². The van der Waals surface area contributed by atoms with E-state index in [0.717, 1.165) is 23.3 Å². The van der Waals surface area contributed by atoms with Crippen LogP contribution in [0, 0.1) is 5.82 Å². The number of benzene rings is 4. The second-order valence-electron chi connectivity index (χ2n) is 8.80. The molecular weight excluding hydrogens is 500 g/mol. The highest BCUT2D eigenvalue weighted by Crippen LogP contribution is 2.41. The molecule has 0 unspecified atom stereocenters. The Hall–Kier alpha value is -4.53. The second kappa shape index (κ2) is 9.09. The molecule has 0 fully saturated rings. The van der Waals surface area contributed by atoms with E-state index in [1.807, 2.05) is 30.3 Å². The molecule has 5 nitrogen and oxygen atoms in total. The number of fused-ring (bicyclic) bond motifs is 2. The molecule has 2 aliphatic rings. The molecule has 0 radical (unpaired) electrons. The van der Waals surface area contributed by atoms with Crippen molar-refractivity contribution in [2.75, 3.05) is 18.8 Å². The largest absolute Gasteiger partial charge is 0.495 e. The zero-order chi connectivity index (χ0) is 26.4. The van der Waals surface area contributed by atoms with Crippen molar-refractivity contribution < 1.29 is 31.8 Å². The Morgan fingerprint density at radius 1 is 0.842 bits per heavy atom. The summed E-state index contributed by atoms with van der Waals surface area (Å²) in [5.41, 5.74) is 2.45. The van der Waals surface area contributed by atoms with E-state index in [1.54, 1.807) is 29.2 Å². The molecule has 4 aromatic rings. The Labute approximate surface area is 215 Å².